The third kappa shape index (κ3) is 4.27. The maximum absolute atomic E-state index is 4.64. The fraction of sp³-hybridized carbons (Fsp3) is 0.686. The molecular weight excluding hydrogens is 476 g/mol. The van der Waals surface area contributed by atoms with Crippen LogP contribution in [0.1, 0.15) is 116 Å². The Morgan fingerprint density at radius 3 is 2.56 bits per heavy atom. The number of pyridine rings is 1. The molecule has 0 unspecified atom stereocenters. The summed E-state index contributed by atoms with van der Waals surface area (Å²) in [6.45, 7) is 12.2. The minimum absolute atomic E-state index is 0.255. The van der Waals surface area contributed by atoms with Gasteiger partial charge in [0.1, 0.15) is 0 Å². The molecule has 0 saturated heterocycles. The molecule has 4 saturated carbocycles. The topological polar surface area (TPSA) is 43.6 Å². The van der Waals surface area contributed by atoms with Crippen LogP contribution < -0.4 is 0 Å². The summed E-state index contributed by atoms with van der Waals surface area (Å²) in [4.78, 5) is 4.41. The Morgan fingerprint density at radius 2 is 1.72 bits per heavy atom. The molecule has 4 aliphatic carbocycles. The zero-order valence-electron chi connectivity index (χ0n) is 24.9. The highest BCUT2D eigenvalue weighted by Crippen LogP contribution is 2.69. The van der Waals surface area contributed by atoms with E-state index in [-0.39, 0.29) is 5.41 Å². The maximum Gasteiger partial charge on any atom is 0.0832 e. The van der Waals surface area contributed by atoms with Crippen LogP contribution in [0.4, 0.5) is 0 Å². The largest absolute Gasteiger partial charge is 0.264 e. The van der Waals surface area contributed by atoms with E-state index in [9.17, 15) is 0 Å². The van der Waals surface area contributed by atoms with Crippen LogP contribution in [0.15, 0.2) is 42.9 Å². The summed E-state index contributed by atoms with van der Waals surface area (Å²) in [5, 5.41) is 11.8. The first-order chi connectivity index (χ1) is 18.6. The Bertz CT molecular complexity index is 1350. The van der Waals surface area contributed by atoms with Crippen molar-refractivity contribution in [2.45, 2.75) is 111 Å². The van der Waals surface area contributed by atoms with Crippen molar-refractivity contribution in [2.24, 2.45) is 39.9 Å². The van der Waals surface area contributed by atoms with Crippen LogP contribution in [0.2, 0.25) is 0 Å². The van der Waals surface area contributed by atoms with Crippen LogP contribution in [0.5, 0.6) is 0 Å². The van der Waals surface area contributed by atoms with Gasteiger partial charge in [0.2, 0.25) is 0 Å². The van der Waals surface area contributed by atoms with E-state index in [1.165, 1.54) is 68.6 Å². The van der Waals surface area contributed by atoms with Crippen molar-refractivity contribution < 1.29 is 0 Å². The molecule has 0 aliphatic heterocycles. The molecule has 4 fully saturated rings. The second-order valence-electron chi connectivity index (χ2n) is 15.7. The lowest BCUT2D eigenvalue weighted by Crippen LogP contribution is -2.53. The maximum atomic E-state index is 4.64. The van der Waals surface area contributed by atoms with E-state index in [1.54, 1.807) is 5.56 Å². The monoisotopic (exact) mass is 524 g/mol. The Balaban J connectivity index is 1.08. The van der Waals surface area contributed by atoms with E-state index in [4.69, 9.17) is 0 Å². The first-order valence-corrected chi connectivity index (χ1v) is 15.9. The van der Waals surface area contributed by atoms with Crippen molar-refractivity contribution in [1.29, 1.82) is 0 Å². The fourth-order valence-electron chi connectivity index (χ4n) is 10.5. The Kier molecular flexibility index (Phi) is 6.03. The first kappa shape index (κ1) is 25.7. The lowest BCUT2D eigenvalue weighted by molar-refractivity contribution is -0.113. The molecule has 0 N–H and O–H groups in total. The molecule has 4 heteroatoms. The molecule has 1 aromatic carbocycles. The second kappa shape index (κ2) is 9.14. The Labute approximate surface area is 235 Å². The minimum atomic E-state index is 0.255. The normalized spacial score (nSPS) is 38.3. The smallest absolute Gasteiger partial charge is 0.0832 e. The van der Waals surface area contributed by atoms with E-state index in [0.29, 0.717) is 22.8 Å². The second-order valence-corrected chi connectivity index (χ2v) is 15.7. The summed E-state index contributed by atoms with van der Waals surface area (Å²) in [6, 6.07) is 9.91. The minimum Gasteiger partial charge on any atom is -0.264 e. The molecule has 0 amide bonds. The van der Waals surface area contributed by atoms with Crippen molar-refractivity contribution in [2.75, 3.05) is 0 Å². The molecule has 0 bridgehead atoms. The number of fused-ring (bicyclic) bond motifs is 6. The Hall–Kier alpha value is -2.23. The van der Waals surface area contributed by atoms with Gasteiger partial charge < -0.3 is 0 Å². The summed E-state index contributed by atoms with van der Waals surface area (Å²) < 4.78 is 2.24. The van der Waals surface area contributed by atoms with Crippen LogP contribution >= 0.6 is 0 Å². The van der Waals surface area contributed by atoms with E-state index in [0.717, 1.165) is 35.8 Å². The van der Waals surface area contributed by atoms with Crippen LogP contribution in [0.3, 0.4) is 0 Å². The van der Waals surface area contributed by atoms with Crippen LogP contribution in [-0.2, 0) is 6.42 Å². The lowest BCUT2D eigenvalue weighted by atomic mass is 9.44. The van der Waals surface area contributed by atoms with E-state index < -0.39 is 0 Å². The molecule has 4 nitrogen and oxygen atoms in total. The Morgan fingerprint density at radius 1 is 0.897 bits per heavy atom. The van der Waals surface area contributed by atoms with Gasteiger partial charge in [0.15, 0.2) is 0 Å². The fourth-order valence-corrected chi connectivity index (χ4v) is 10.5. The predicted molar refractivity (Wildman–Crippen MR) is 158 cm³/mol. The number of aromatic nitrogens is 4. The van der Waals surface area contributed by atoms with Crippen molar-refractivity contribution in [3.8, 4) is 0 Å². The van der Waals surface area contributed by atoms with Gasteiger partial charge in [0.05, 0.1) is 11.7 Å². The zero-order valence-corrected chi connectivity index (χ0v) is 24.9. The lowest BCUT2D eigenvalue weighted by Gasteiger charge is -2.61. The number of hydrogen-bond acceptors (Lipinski definition) is 3. The van der Waals surface area contributed by atoms with Gasteiger partial charge >= 0.3 is 0 Å². The molecule has 7 rings (SSSR count). The quantitative estimate of drug-likeness (QED) is 0.344. The van der Waals surface area contributed by atoms with Crippen molar-refractivity contribution in [3.05, 3.63) is 54.1 Å². The summed E-state index contributed by atoms with van der Waals surface area (Å²) in [7, 11) is 0. The summed E-state index contributed by atoms with van der Waals surface area (Å²) in [5.74, 6) is 4.24. The number of nitrogens with zero attached hydrogens (tertiary/aromatic N) is 4. The average molecular weight is 525 g/mol. The number of benzene rings is 1. The zero-order chi connectivity index (χ0) is 27.0. The molecule has 4 aliphatic rings. The van der Waals surface area contributed by atoms with Crippen molar-refractivity contribution in [1.82, 2.24) is 20.0 Å². The molecule has 3 aromatic rings. The summed E-state index contributed by atoms with van der Waals surface area (Å²) in [6.07, 6.45) is 19.6. The van der Waals surface area contributed by atoms with Gasteiger partial charge in [-0.05, 0) is 133 Å². The highest BCUT2D eigenvalue weighted by molar-refractivity contribution is 5.82. The van der Waals surface area contributed by atoms with Gasteiger partial charge in [-0.3, -0.25) is 4.98 Å². The molecule has 2 heterocycles. The highest BCUT2D eigenvalue weighted by atomic mass is 15.4. The third-order valence-electron chi connectivity index (χ3n) is 12.3. The van der Waals surface area contributed by atoms with Crippen LogP contribution in [0.25, 0.3) is 10.8 Å². The van der Waals surface area contributed by atoms with Crippen LogP contribution in [0, 0.1) is 39.9 Å². The molecule has 208 valence electrons. The van der Waals surface area contributed by atoms with Gasteiger partial charge in [-0.25, -0.2) is 4.68 Å². The standard InChI is InChI=1S/C35H48N4/c1-33(2,3)20-27-22-39(38-37-27)28-12-15-34(4)26(19-28)8-9-29-31-11-10-30(35(31,5)16-13-32(29)34)24-7-6-23-14-17-36-21-25(23)18-24/h6-7,14,17-18,21-22,26,28-32H,8-13,15-16,19-20H2,1-5H3/t26-,28-,29-,30+,31-,32-,34-,35+/m0/s1. The van der Waals surface area contributed by atoms with Gasteiger partial charge in [-0.15, -0.1) is 5.10 Å². The molecule has 0 radical (unpaired) electrons. The molecule has 39 heavy (non-hydrogen) atoms. The molecule has 8 atom stereocenters. The van der Waals surface area contributed by atoms with E-state index in [1.807, 2.05) is 12.4 Å². The van der Waals surface area contributed by atoms with Gasteiger partial charge in [0.25, 0.3) is 0 Å². The molecule has 2 aromatic heterocycles. The summed E-state index contributed by atoms with van der Waals surface area (Å²) in [5.41, 5.74) is 3.93. The van der Waals surface area contributed by atoms with Crippen LogP contribution in [-0.4, -0.2) is 20.0 Å². The van der Waals surface area contributed by atoms with Crippen molar-refractivity contribution >= 4 is 10.8 Å². The first-order valence-electron chi connectivity index (χ1n) is 15.9. The predicted octanol–water partition coefficient (Wildman–Crippen LogP) is 8.78. The van der Waals surface area contributed by atoms with Crippen molar-refractivity contribution in [3.63, 3.8) is 0 Å². The highest BCUT2D eigenvalue weighted by Gasteiger charge is 2.60. The number of rotatable bonds is 3. The third-order valence-corrected chi connectivity index (χ3v) is 12.3. The SMILES string of the molecule is CC(C)(C)Cc1cn([C@H]2CC[C@@]3(C)[C@@H](CC[C@@H]4[C@@H]3CC[C@]3(C)[C@@H](c5ccc6ccncc6c5)CC[C@@H]43)C2)nn1. The number of hydrogen-bond donors (Lipinski definition) is 0. The van der Waals surface area contributed by atoms with E-state index in [2.05, 4.69) is 85.1 Å². The van der Waals surface area contributed by atoms with Gasteiger partial charge in [-0.1, -0.05) is 52.0 Å². The van der Waals surface area contributed by atoms with Gasteiger partial charge in [0, 0.05) is 24.0 Å². The average Bonchev–Trinajstić information content (AvgIpc) is 3.50. The van der Waals surface area contributed by atoms with Gasteiger partial charge in [-0.2, -0.15) is 0 Å². The van der Waals surface area contributed by atoms with E-state index >= 15 is 0 Å². The summed E-state index contributed by atoms with van der Waals surface area (Å²) >= 11 is 0. The molecule has 0 spiro atoms. The molecular formula is C35H48N4.